The van der Waals surface area contributed by atoms with Crippen molar-refractivity contribution in [3.05, 3.63) is 0 Å². The van der Waals surface area contributed by atoms with Crippen molar-refractivity contribution in [2.24, 2.45) is 11.5 Å². The van der Waals surface area contributed by atoms with Gasteiger partial charge in [-0.3, -0.25) is 4.79 Å². The van der Waals surface area contributed by atoms with Gasteiger partial charge in [0, 0.05) is 13.1 Å². The second kappa shape index (κ2) is 6.60. The lowest BCUT2D eigenvalue weighted by Gasteiger charge is -2.13. The smallest absolute Gasteiger partial charge is 0.326 e. The van der Waals surface area contributed by atoms with Crippen molar-refractivity contribution in [2.75, 3.05) is 13.1 Å². The molecule has 1 unspecified atom stereocenters. The maximum atomic E-state index is 11.0. The minimum absolute atomic E-state index is 0.217. The van der Waals surface area contributed by atoms with Crippen molar-refractivity contribution in [3.63, 3.8) is 0 Å². The first-order valence-electron chi connectivity index (χ1n) is 4.23. The van der Waals surface area contributed by atoms with E-state index in [2.05, 4.69) is 10.6 Å². The van der Waals surface area contributed by atoms with Crippen LogP contribution >= 0.6 is 0 Å². The largest absolute Gasteiger partial charge is 0.480 e. The third-order valence-electron chi connectivity index (χ3n) is 1.44. The van der Waals surface area contributed by atoms with Gasteiger partial charge in [0.1, 0.15) is 6.04 Å². The number of primary amides is 1. The Kier molecular flexibility index (Phi) is 5.79. The third-order valence-corrected chi connectivity index (χ3v) is 1.44. The normalized spacial score (nSPS) is 11.5. The Morgan fingerprint density at radius 2 is 1.93 bits per heavy atom. The van der Waals surface area contributed by atoms with Gasteiger partial charge in [-0.05, 0) is 0 Å². The molecule has 0 aliphatic heterocycles. The first-order chi connectivity index (χ1) is 6.97. The van der Waals surface area contributed by atoms with Crippen LogP contribution in [0.5, 0.6) is 0 Å². The number of carboxylic acid groups (broad SMARTS) is 1. The monoisotopic (exact) mass is 218 g/mol. The van der Waals surface area contributed by atoms with E-state index < -0.39 is 30.4 Å². The molecular weight excluding hydrogens is 204 g/mol. The summed E-state index contributed by atoms with van der Waals surface area (Å²) in [5.41, 5.74) is 9.93. The molecule has 0 rings (SSSR count). The zero-order valence-electron chi connectivity index (χ0n) is 8.03. The summed E-state index contributed by atoms with van der Waals surface area (Å²) in [5, 5.41) is 13.0. The van der Waals surface area contributed by atoms with E-state index in [0.717, 1.165) is 0 Å². The zero-order chi connectivity index (χ0) is 11.8. The predicted molar refractivity (Wildman–Crippen MR) is 50.8 cm³/mol. The summed E-state index contributed by atoms with van der Waals surface area (Å²) >= 11 is 0. The molecule has 0 heterocycles. The van der Waals surface area contributed by atoms with Crippen LogP contribution in [0.25, 0.3) is 0 Å². The van der Waals surface area contributed by atoms with Crippen molar-refractivity contribution < 1.29 is 19.5 Å². The van der Waals surface area contributed by atoms with Crippen LogP contribution in [0.4, 0.5) is 4.79 Å². The molecule has 8 nitrogen and oxygen atoms in total. The number of carbonyl (C=O) groups excluding carboxylic acids is 2. The molecule has 7 N–H and O–H groups in total. The minimum Gasteiger partial charge on any atom is -0.480 e. The van der Waals surface area contributed by atoms with Gasteiger partial charge >= 0.3 is 12.0 Å². The van der Waals surface area contributed by atoms with Crippen LogP contribution in [-0.4, -0.2) is 42.1 Å². The Labute approximate surface area is 86.0 Å². The number of nitrogens with one attached hydrogen (secondary N) is 2. The van der Waals surface area contributed by atoms with Crippen LogP contribution in [0.15, 0.2) is 0 Å². The van der Waals surface area contributed by atoms with Gasteiger partial charge in [-0.25, -0.2) is 9.59 Å². The highest BCUT2D eigenvalue weighted by atomic mass is 16.4. The molecule has 0 aliphatic rings. The van der Waals surface area contributed by atoms with Gasteiger partial charge in [0.05, 0.1) is 6.42 Å². The zero-order valence-corrected chi connectivity index (χ0v) is 8.03. The molecular formula is C7H14N4O4. The van der Waals surface area contributed by atoms with Gasteiger partial charge in [-0.2, -0.15) is 0 Å². The number of carbonyl (C=O) groups is 3. The SMILES string of the molecule is NCCNC(=O)NC(CC(N)=O)C(=O)O. The van der Waals surface area contributed by atoms with E-state index in [-0.39, 0.29) is 13.1 Å². The highest BCUT2D eigenvalue weighted by Crippen LogP contribution is 1.91. The first kappa shape index (κ1) is 13.2. The number of hydrogen-bond acceptors (Lipinski definition) is 4. The van der Waals surface area contributed by atoms with Crippen LogP contribution in [0.3, 0.4) is 0 Å². The first-order valence-corrected chi connectivity index (χ1v) is 4.23. The van der Waals surface area contributed by atoms with E-state index in [9.17, 15) is 14.4 Å². The van der Waals surface area contributed by atoms with Crippen molar-refractivity contribution in [3.8, 4) is 0 Å². The van der Waals surface area contributed by atoms with Crippen molar-refractivity contribution >= 4 is 17.9 Å². The Balaban J connectivity index is 4.10. The van der Waals surface area contributed by atoms with Gasteiger partial charge < -0.3 is 27.2 Å². The quantitative estimate of drug-likeness (QED) is 0.336. The maximum Gasteiger partial charge on any atom is 0.326 e. The van der Waals surface area contributed by atoms with E-state index in [0.29, 0.717) is 0 Å². The van der Waals surface area contributed by atoms with E-state index >= 15 is 0 Å². The molecule has 0 aromatic carbocycles. The molecule has 0 bridgehead atoms. The number of urea groups is 1. The Bertz CT molecular complexity index is 255. The lowest BCUT2D eigenvalue weighted by Crippen LogP contribution is -2.48. The summed E-state index contributed by atoms with van der Waals surface area (Å²) in [5.74, 6) is -2.13. The van der Waals surface area contributed by atoms with E-state index in [1.54, 1.807) is 0 Å². The Morgan fingerprint density at radius 3 is 2.33 bits per heavy atom. The van der Waals surface area contributed by atoms with Crippen LogP contribution in [0.1, 0.15) is 6.42 Å². The van der Waals surface area contributed by atoms with Gasteiger partial charge in [0.2, 0.25) is 5.91 Å². The molecule has 0 spiro atoms. The molecule has 0 saturated heterocycles. The molecule has 0 aromatic rings. The predicted octanol–water partition coefficient (Wildman–Crippen LogP) is -2.43. The molecule has 0 aromatic heterocycles. The molecule has 0 saturated carbocycles. The maximum absolute atomic E-state index is 11.0. The summed E-state index contributed by atoms with van der Waals surface area (Å²) in [4.78, 5) is 32.1. The molecule has 86 valence electrons. The molecule has 15 heavy (non-hydrogen) atoms. The van der Waals surface area contributed by atoms with E-state index in [1.807, 2.05) is 0 Å². The molecule has 1 atom stereocenters. The van der Waals surface area contributed by atoms with Crippen molar-refractivity contribution in [2.45, 2.75) is 12.5 Å². The highest BCUT2D eigenvalue weighted by molar-refractivity contribution is 5.87. The van der Waals surface area contributed by atoms with Crippen molar-refractivity contribution in [1.29, 1.82) is 0 Å². The topological polar surface area (TPSA) is 148 Å². The summed E-state index contributed by atoms with van der Waals surface area (Å²) in [6, 6.07) is -2.02. The van der Waals surface area contributed by atoms with Crippen LogP contribution < -0.4 is 22.1 Å². The number of rotatable bonds is 6. The van der Waals surface area contributed by atoms with Gasteiger partial charge in [-0.1, -0.05) is 0 Å². The standard InChI is InChI=1S/C7H14N4O4/c8-1-2-10-7(15)11-4(6(13)14)3-5(9)12/h4H,1-3,8H2,(H2,9,12)(H,13,14)(H2,10,11,15). The molecule has 8 heteroatoms. The Morgan fingerprint density at radius 1 is 1.33 bits per heavy atom. The molecule has 0 fully saturated rings. The lowest BCUT2D eigenvalue weighted by atomic mass is 10.2. The third kappa shape index (κ3) is 6.27. The highest BCUT2D eigenvalue weighted by Gasteiger charge is 2.21. The lowest BCUT2D eigenvalue weighted by molar-refractivity contribution is -0.140. The van der Waals surface area contributed by atoms with E-state index in [1.165, 1.54) is 0 Å². The molecule has 0 radical (unpaired) electrons. The minimum atomic E-state index is -1.32. The van der Waals surface area contributed by atoms with Gasteiger partial charge in [0.15, 0.2) is 0 Å². The second-order valence-electron chi connectivity index (χ2n) is 2.75. The summed E-state index contributed by atoms with van der Waals surface area (Å²) in [7, 11) is 0. The Hall–Kier alpha value is -1.83. The van der Waals surface area contributed by atoms with Gasteiger partial charge in [-0.15, -0.1) is 0 Å². The fraction of sp³-hybridized carbons (Fsp3) is 0.571. The average Bonchev–Trinajstić information content (AvgIpc) is 2.12. The van der Waals surface area contributed by atoms with E-state index in [4.69, 9.17) is 16.6 Å². The second-order valence-corrected chi connectivity index (χ2v) is 2.75. The number of aliphatic carboxylic acids is 1. The summed E-state index contributed by atoms with van der Waals surface area (Å²) in [6.07, 6.45) is -0.453. The number of hydrogen-bond donors (Lipinski definition) is 5. The number of nitrogens with two attached hydrogens (primary N) is 2. The number of amides is 3. The molecule has 0 aliphatic carbocycles. The van der Waals surface area contributed by atoms with Crippen LogP contribution in [0.2, 0.25) is 0 Å². The molecule has 3 amide bonds. The fourth-order valence-corrected chi connectivity index (χ4v) is 0.796. The van der Waals surface area contributed by atoms with Crippen LogP contribution in [-0.2, 0) is 9.59 Å². The van der Waals surface area contributed by atoms with Crippen molar-refractivity contribution in [1.82, 2.24) is 10.6 Å². The van der Waals surface area contributed by atoms with Gasteiger partial charge in [0.25, 0.3) is 0 Å². The average molecular weight is 218 g/mol. The summed E-state index contributed by atoms with van der Waals surface area (Å²) in [6.45, 7) is 0.454. The fourth-order valence-electron chi connectivity index (χ4n) is 0.796. The number of carboxylic acids is 1. The van der Waals surface area contributed by atoms with Crippen LogP contribution in [0, 0.1) is 0 Å². The summed E-state index contributed by atoms with van der Waals surface area (Å²) < 4.78 is 0.